The van der Waals surface area contributed by atoms with E-state index in [1.54, 1.807) is 0 Å². The Kier molecular flexibility index (Phi) is 4.57. The van der Waals surface area contributed by atoms with Gasteiger partial charge in [0.2, 0.25) is 0 Å². The maximum Gasteiger partial charge on any atom is 0.0991 e. The first-order valence-electron chi connectivity index (χ1n) is 7.80. The van der Waals surface area contributed by atoms with Crippen molar-refractivity contribution in [1.29, 1.82) is 10.5 Å². The van der Waals surface area contributed by atoms with Crippen LogP contribution in [0, 0.1) is 22.7 Å². The summed E-state index contributed by atoms with van der Waals surface area (Å²) < 4.78 is 0. The van der Waals surface area contributed by atoms with Gasteiger partial charge in [0.15, 0.2) is 0 Å². The Balaban J connectivity index is 2.30. The number of hydrogen-bond acceptors (Lipinski definition) is 2. The molecule has 2 aromatic rings. The molecule has 2 rings (SSSR count). The van der Waals surface area contributed by atoms with Crippen molar-refractivity contribution in [2.45, 2.75) is 44.9 Å². The van der Waals surface area contributed by atoms with Crippen molar-refractivity contribution in [3.8, 4) is 12.1 Å². The Morgan fingerprint density at radius 1 is 0.739 bits per heavy atom. The monoisotopic (exact) mass is 302 g/mol. The zero-order valence-corrected chi connectivity index (χ0v) is 14.2. The van der Waals surface area contributed by atoms with Gasteiger partial charge in [-0.3, -0.25) is 0 Å². The fourth-order valence-electron chi connectivity index (χ4n) is 3.31. The molecule has 0 saturated heterocycles. The molecular weight excluding hydrogens is 280 g/mol. The van der Waals surface area contributed by atoms with E-state index in [-0.39, 0.29) is 10.8 Å². The molecule has 2 aromatic carbocycles. The van der Waals surface area contributed by atoms with Gasteiger partial charge in [-0.2, -0.15) is 10.5 Å². The highest BCUT2D eigenvalue weighted by atomic mass is 14.4. The summed E-state index contributed by atoms with van der Waals surface area (Å²) in [4.78, 5) is 0. The second-order valence-corrected chi connectivity index (χ2v) is 7.33. The van der Waals surface area contributed by atoms with Crippen molar-refractivity contribution in [3.05, 3.63) is 70.8 Å². The molecule has 0 saturated carbocycles. The third kappa shape index (κ3) is 3.79. The van der Waals surface area contributed by atoms with Gasteiger partial charge >= 0.3 is 0 Å². The molecule has 0 aromatic heterocycles. The molecule has 0 radical (unpaired) electrons. The highest BCUT2D eigenvalue weighted by Gasteiger charge is 2.31. The molecule has 0 heterocycles. The van der Waals surface area contributed by atoms with E-state index in [0.29, 0.717) is 11.1 Å². The summed E-state index contributed by atoms with van der Waals surface area (Å²) in [6, 6.07) is 20.1. The molecular formula is C21H22N2. The predicted octanol–water partition coefficient (Wildman–Crippen LogP) is 5.08. The van der Waals surface area contributed by atoms with Crippen molar-refractivity contribution < 1.29 is 0 Å². The summed E-state index contributed by atoms with van der Waals surface area (Å²) in [6.07, 6.45) is 0.945. The molecule has 0 aliphatic rings. The average Bonchev–Trinajstić information content (AvgIpc) is 2.54. The van der Waals surface area contributed by atoms with Gasteiger partial charge in [-0.1, -0.05) is 52.0 Å². The Labute approximate surface area is 139 Å². The molecule has 2 nitrogen and oxygen atoms in total. The number of benzene rings is 2. The van der Waals surface area contributed by atoms with Gasteiger partial charge in [-0.15, -0.1) is 0 Å². The van der Waals surface area contributed by atoms with Gasteiger partial charge in [0.25, 0.3) is 0 Å². The zero-order chi connectivity index (χ0) is 17.1. The molecule has 23 heavy (non-hydrogen) atoms. The Morgan fingerprint density at radius 3 is 1.87 bits per heavy atom. The SMILES string of the molecule is CC(C)(CC(C)(C)c1cccc(C#N)c1)c1ccc(C#N)cc1. The van der Waals surface area contributed by atoms with Crippen LogP contribution in [0.4, 0.5) is 0 Å². The van der Waals surface area contributed by atoms with E-state index in [1.165, 1.54) is 11.1 Å². The van der Waals surface area contributed by atoms with Crippen molar-refractivity contribution >= 4 is 0 Å². The van der Waals surface area contributed by atoms with Gasteiger partial charge < -0.3 is 0 Å². The molecule has 0 atom stereocenters. The Morgan fingerprint density at radius 2 is 1.30 bits per heavy atom. The quantitative estimate of drug-likeness (QED) is 0.791. The minimum atomic E-state index is -0.0513. The molecule has 0 spiro atoms. The van der Waals surface area contributed by atoms with Crippen LogP contribution in [0.3, 0.4) is 0 Å². The lowest BCUT2D eigenvalue weighted by atomic mass is 9.68. The molecule has 0 N–H and O–H groups in total. The maximum absolute atomic E-state index is 9.11. The Hall–Kier alpha value is -2.58. The number of nitriles is 2. The maximum atomic E-state index is 9.11. The first-order valence-corrected chi connectivity index (χ1v) is 7.80. The van der Waals surface area contributed by atoms with Crippen LogP contribution in [0.15, 0.2) is 48.5 Å². The van der Waals surface area contributed by atoms with Gasteiger partial charge in [0.1, 0.15) is 0 Å². The van der Waals surface area contributed by atoms with Crippen LogP contribution >= 0.6 is 0 Å². The number of rotatable bonds is 4. The first kappa shape index (κ1) is 16.8. The molecule has 0 aliphatic heterocycles. The van der Waals surface area contributed by atoms with Crippen molar-refractivity contribution in [2.24, 2.45) is 0 Å². The topological polar surface area (TPSA) is 47.6 Å². The third-order valence-corrected chi connectivity index (χ3v) is 4.45. The van der Waals surface area contributed by atoms with Gasteiger partial charge in [0, 0.05) is 0 Å². The third-order valence-electron chi connectivity index (χ3n) is 4.45. The molecule has 0 fully saturated rings. The second kappa shape index (κ2) is 6.27. The highest BCUT2D eigenvalue weighted by molar-refractivity contribution is 5.38. The van der Waals surface area contributed by atoms with Crippen LogP contribution in [0.1, 0.15) is 56.4 Å². The minimum Gasteiger partial charge on any atom is -0.192 e. The summed E-state index contributed by atoms with van der Waals surface area (Å²) in [5, 5.41) is 18.1. The smallest absolute Gasteiger partial charge is 0.0991 e. The standard InChI is InChI=1S/C21H22N2/c1-20(2,18-10-8-16(13-22)9-11-18)15-21(3,4)19-7-5-6-17(12-19)14-23/h5-12H,15H2,1-4H3. The van der Waals surface area contributed by atoms with Gasteiger partial charge in [0.05, 0.1) is 23.3 Å². The second-order valence-electron chi connectivity index (χ2n) is 7.33. The van der Waals surface area contributed by atoms with E-state index in [4.69, 9.17) is 10.5 Å². The van der Waals surface area contributed by atoms with E-state index in [1.807, 2.05) is 42.5 Å². The lowest BCUT2D eigenvalue weighted by Gasteiger charge is -2.36. The van der Waals surface area contributed by atoms with Crippen LogP contribution in [0.2, 0.25) is 0 Å². The summed E-state index contributed by atoms with van der Waals surface area (Å²) in [7, 11) is 0. The fraction of sp³-hybridized carbons (Fsp3) is 0.333. The largest absolute Gasteiger partial charge is 0.192 e. The van der Waals surface area contributed by atoms with Crippen LogP contribution in [0.5, 0.6) is 0 Å². The van der Waals surface area contributed by atoms with Crippen molar-refractivity contribution in [3.63, 3.8) is 0 Å². The van der Waals surface area contributed by atoms with E-state index >= 15 is 0 Å². The average molecular weight is 302 g/mol. The van der Waals surface area contributed by atoms with Crippen molar-refractivity contribution in [2.75, 3.05) is 0 Å². The Bertz CT molecular complexity index is 769. The number of nitrogens with zero attached hydrogens (tertiary/aromatic N) is 2. The fourth-order valence-corrected chi connectivity index (χ4v) is 3.31. The number of hydrogen-bond donors (Lipinski definition) is 0. The molecule has 0 bridgehead atoms. The lowest BCUT2D eigenvalue weighted by molar-refractivity contribution is 0.349. The molecule has 2 heteroatoms. The van der Waals surface area contributed by atoms with E-state index in [0.717, 1.165) is 6.42 Å². The van der Waals surface area contributed by atoms with Gasteiger partial charge in [-0.25, -0.2) is 0 Å². The van der Waals surface area contributed by atoms with Crippen LogP contribution in [0.25, 0.3) is 0 Å². The van der Waals surface area contributed by atoms with Gasteiger partial charge in [-0.05, 0) is 52.6 Å². The molecule has 0 amide bonds. The lowest BCUT2D eigenvalue weighted by Crippen LogP contribution is -2.29. The van der Waals surface area contributed by atoms with Crippen molar-refractivity contribution in [1.82, 2.24) is 0 Å². The summed E-state index contributed by atoms with van der Waals surface area (Å²) >= 11 is 0. The molecule has 0 unspecified atom stereocenters. The summed E-state index contributed by atoms with van der Waals surface area (Å²) in [6.45, 7) is 8.89. The molecule has 116 valence electrons. The minimum absolute atomic E-state index is 0.0276. The van der Waals surface area contributed by atoms with E-state index < -0.39 is 0 Å². The van der Waals surface area contributed by atoms with Crippen LogP contribution in [-0.4, -0.2) is 0 Å². The summed E-state index contributed by atoms with van der Waals surface area (Å²) in [5.41, 5.74) is 3.71. The summed E-state index contributed by atoms with van der Waals surface area (Å²) in [5.74, 6) is 0. The first-order chi connectivity index (χ1) is 10.8. The van der Waals surface area contributed by atoms with Crippen LogP contribution < -0.4 is 0 Å². The van der Waals surface area contributed by atoms with E-state index in [9.17, 15) is 0 Å². The zero-order valence-electron chi connectivity index (χ0n) is 14.2. The predicted molar refractivity (Wildman–Crippen MR) is 93.0 cm³/mol. The molecule has 0 aliphatic carbocycles. The van der Waals surface area contributed by atoms with E-state index in [2.05, 4.69) is 45.9 Å². The van der Waals surface area contributed by atoms with Crippen LogP contribution in [-0.2, 0) is 10.8 Å². The normalized spacial score (nSPS) is 11.6. The highest BCUT2D eigenvalue weighted by Crippen LogP contribution is 2.39.